The van der Waals surface area contributed by atoms with Crippen LogP contribution in [0.15, 0.2) is 17.4 Å². The van der Waals surface area contributed by atoms with Gasteiger partial charge in [0, 0.05) is 32.4 Å². The summed E-state index contributed by atoms with van der Waals surface area (Å²) in [5.74, 6) is 0.927. The number of aromatic nitrogens is 2. The molecule has 0 saturated carbocycles. The Kier molecular flexibility index (Phi) is 4.47. The first-order chi connectivity index (χ1) is 9.11. The average molecular weight is 282 g/mol. The van der Waals surface area contributed by atoms with Crippen molar-refractivity contribution >= 4 is 23.7 Å². The van der Waals surface area contributed by atoms with E-state index in [2.05, 4.69) is 14.9 Å². The molecule has 1 saturated heterocycles. The lowest BCUT2D eigenvalue weighted by molar-refractivity contribution is 0.131. The van der Waals surface area contributed by atoms with Gasteiger partial charge in [0.25, 0.3) is 0 Å². The van der Waals surface area contributed by atoms with E-state index in [0.29, 0.717) is 0 Å². The summed E-state index contributed by atoms with van der Waals surface area (Å²) in [6, 6.07) is 2.01. The standard InChI is InChI=1S/C12H18N4O2S/c1-15(12(17)18)9-4-7-16(8-5-9)10-3-6-13-11(14-10)19-2/h3,6,9H,4-5,7-8H2,1-2H3,(H,17,18). The van der Waals surface area contributed by atoms with E-state index in [0.717, 1.165) is 36.9 Å². The van der Waals surface area contributed by atoms with Crippen molar-refractivity contribution in [3.8, 4) is 0 Å². The van der Waals surface area contributed by atoms with E-state index in [1.165, 1.54) is 16.7 Å². The number of hydrogen-bond acceptors (Lipinski definition) is 5. The Morgan fingerprint density at radius 1 is 1.53 bits per heavy atom. The van der Waals surface area contributed by atoms with Gasteiger partial charge in [-0.25, -0.2) is 14.8 Å². The van der Waals surface area contributed by atoms with Crippen LogP contribution in [0, 0.1) is 0 Å². The molecule has 1 fully saturated rings. The first-order valence-electron chi connectivity index (χ1n) is 6.19. The fourth-order valence-corrected chi connectivity index (χ4v) is 2.60. The Morgan fingerprint density at radius 2 is 2.21 bits per heavy atom. The molecule has 6 nitrogen and oxygen atoms in total. The Labute approximate surface area is 116 Å². The van der Waals surface area contributed by atoms with Crippen LogP contribution in [-0.2, 0) is 0 Å². The molecule has 0 aromatic carbocycles. The summed E-state index contributed by atoms with van der Waals surface area (Å²) in [5.41, 5.74) is 0. The van der Waals surface area contributed by atoms with Crippen molar-refractivity contribution in [2.45, 2.75) is 24.0 Å². The van der Waals surface area contributed by atoms with Crippen LogP contribution in [0.25, 0.3) is 0 Å². The third-order valence-corrected chi connectivity index (χ3v) is 4.00. The highest BCUT2D eigenvalue weighted by Crippen LogP contribution is 2.21. The maximum Gasteiger partial charge on any atom is 0.407 e. The van der Waals surface area contributed by atoms with Crippen LogP contribution in [-0.4, -0.2) is 58.5 Å². The molecule has 19 heavy (non-hydrogen) atoms. The number of nitrogens with zero attached hydrogens (tertiary/aromatic N) is 4. The maximum absolute atomic E-state index is 10.9. The molecule has 1 amide bonds. The summed E-state index contributed by atoms with van der Waals surface area (Å²) in [6.07, 6.45) is 4.53. The second-order valence-corrected chi connectivity index (χ2v) is 5.29. The molecule has 7 heteroatoms. The smallest absolute Gasteiger partial charge is 0.407 e. The monoisotopic (exact) mass is 282 g/mol. The van der Waals surface area contributed by atoms with Crippen LogP contribution in [0.3, 0.4) is 0 Å². The van der Waals surface area contributed by atoms with Gasteiger partial charge in [0.1, 0.15) is 5.82 Å². The number of thioether (sulfide) groups is 1. The summed E-state index contributed by atoms with van der Waals surface area (Å²) in [4.78, 5) is 23.1. The van der Waals surface area contributed by atoms with Gasteiger partial charge in [-0.15, -0.1) is 0 Å². The quantitative estimate of drug-likeness (QED) is 0.673. The molecule has 0 bridgehead atoms. The molecular formula is C12H18N4O2S. The molecule has 1 N–H and O–H groups in total. The molecule has 0 atom stereocenters. The van der Waals surface area contributed by atoms with Crippen LogP contribution in [0.1, 0.15) is 12.8 Å². The number of carbonyl (C=O) groups is 1. The van der Waals surface area contributed by atoms with Crippen molar-refractivity contribution in [2.24, 2.45) is 0 Å². The first kappa shape index (κ1) is 13.9. The predicted molar refractivity (Wildman–Crippen MR) is 74.8 cm³/mol. The molecule has 0 spiro atoms. The molecule has 104 valence electrons. The van der Waals surface area contributed by atoms with E-state index in [1.807, 2.05) is 12.3 Å². The molecule has 2 heterocycles. The number of carboxylic acid groups (broad SMARTS) is 1. The Hall–Kier alpha value is -1.50. The van der Waals surface area contributed by atoms with E-state index in [-0.39, 0.29) is 6.04 Å². The summed E-state index contributed by atoms with van der Waals surface area (Å²) < 4.78 is 0. The number of anilines is 1. The summed E-state index contributed by atoms with van der Waals surface area (Å²) in [7, 11) is 1.64. The Morgan fingerprint density at radius 3 is 2.79 bits per heavy atom. The molecular weight excluding hydrogens is 264 g/mol. The fraction of sp³-hybridized carbons (Fsp3) is 0.583. The first-order valence-corrected chi connectivity index (χ1v) is 7.42. The third kappa shape index (κ3) is 3.28. The highest BCUT2D eigenvalue weighted by atomic mass is 32.2. The van der Waals surface area contributed by atoms with Crippen LogP contribution in [0.2, 0.25) is 0 Å². The Bertz CT molecular complexity index is 449. The van der Waals surface area contributed by atoms with Crippen molar-refractivity contribution in [1.29, 1.82) is 0 Å². The van der Waals surface area contributed by atoms with E-state index in [9.17, 15) is 4.79 Å². The lowest BCUT2D eigenvalue weighted by Gasteiger charge is -2.36. The van der Waals surface area contributed by atoms with Gasteiger partial charge in [-0.05, 0) is 25.2 Å². The normalized spacial score (nSPS) is 16.4. The number of piperidine rings is 1. The highest BCUT2D eigenvalue weighted by molar-refractivity contribution is 7.98. The summed E-state index contributed by atoms with van der Waals surface area (Å²) >= 11 is 1.52. The van der Waals surface area contributed by atoms with E-state index in [4.69, 9.17) is 5.11 Å². The van der Waals surface area contributed by atoms with Crippen molar-refractivity contribution in [3.63, 3.8) is 0 Å². The maximum atomic E-state index is 10.9. The molecule has 0 unspecified atom stereocenters. The number of rotatable bonds is 3. The van der Waals surface area contributed by atoms with Crippen LogP contribution < -0.4 is 4.90 Å². The van der Waals surface area contributed by atoms with Crippen LogP contribution >= 0.6 is 11.8 Å². The second-order valence-electron chi connectivity index (χ2n) is 4.51. The van der Waals surface area contributed by atoms with Gasteiger partial charge in [-0.3, -0.25) is 0 Å². The Balaban J connectivity index is 1.97. The lowest BCUT2D eigenvalue weighted by atomic mass is 10.0. The summed E-state index contributed by atoms with van der Waals surface area (Å²) in [6.45, 7) is 1.65. The van der Waals surface area contributed by atoms with Crippen molar-refractivity contribution < 1.29 is 9.90 Å². The molecule has 1 aliphatic rings. The SMILES string of the molecule is CSc1nccc(N2CCC(N(C)C(=O)O)CC2)n1. The minimum Gasteiger partial charge on any atom is -0.465 e. The van der Waals surface area contributed by atoms with Gasteiger partial charge in [0.2, 0.25) is 0 Å². The van der Waals surface area contributed by atoms with E-state index < -0.39 is 6.09 Å². The van der Waals surface area contributed by atoms with Crippen molar-refractivity contribution in [2.75, 3.05) is 31.3 Å². The van der Waals surface area contributed by atoms with Crippen molar-refractivity contribution in [1.82, 2.24) is 14.9 Å². The number of amides is 1. The van der Waals surface area contributed by atoms with Gasteiger partial charge < -0.3 is 14.9 Å². The minimum atomic E-state index is -0.856. The fourth-order valence-electron chi connectivity index (χ4n) is 2.24. The van der Waals surface area contributed by atoms with Gasteiger partial charge in [0.15, 0.2) is 5.16 Å². The second kappa shape index (κ2) is 6.10. The molecule has 0 aliphatic carbocycles. The predicted octanol–water partition coefficient (Wildman–Crippen LogP) is 1.78. The van der Waals surface area contributed by atoms with Gasteiger partial charge >= 0.3 is 6.09 Å². The van der Waals surface area contributed by atoms with Crippen molar-refractivity contribution in [3.05, 3.63) is 12.3 Å². The van der Waals surface area contributed by atoms with Gasteiger partial charge in [-0.2, -0.15) is 0 Å². The zero-order chi connectivity index (χ0) is 13.8. The number of hydrogen-bond donors (Lipinski definition) is 1. The van der Waals surface area contributed by atoms with Crippen LogP contribution in [0.4, 0.5) is 10.6 Å². The third-order valence-electron chi connectivity index (χ3n) is 3.44. The average Bonchev–Trinajstić information content (AvgIpc) is 2.46. The van der Waals surface area contributed by atoms with E-state index >= 15 is 0 Å². The molecule has 1 aliphatic heterocycles. The van der Waals surface area contributed by atoms with E-state index in [1.54, 1.807) is 13.2 Å². The lowest BCUT2D eigenvalue weighted by Crippen LogP contribution is -2.45. The molecule has 1 aromatic heterocycles. The molecule has 2 rings (SSSR count). The molecule has 1 aromatic rings. The minimum absolute atomic E-state index is 0.107. The summed E-state index contributed by atoms with van der Waals surface area (Å²) in [5, 5.41) is 9.74. The van der Waals surface area contributed by atoms with Gasteiger partial charge in [0.05, 0.1) is 0 Å². The highest BCUT2D eigenvalue weighted by Gasteiger charge is 2.25. The van der Waals surface area contributed by atoms with Crippen LogP contribution in [0.5, 0.6) is 0 Å². The largest absolute Gasteiger partial charge is 0.465 e. The zero-order valence-corrected chi connectivity index (χ0v) is 11.9. The molecule has 0 radical (unpaired) electrons. The van der Waals surface area contributed by atoms with Gasteiger partial charge in [-0.1, -0.05) is 11.8 Å². The topological polar surface area (TPSA) is 69.6 Å². The zero-order valence-electron chi connectivity index (χ0n) is 11.1.